The summed E-state index contributed by atoms with van der Waals surface area (Å²) >= 11 is 0. The van der Waals surface area contributed by atoms with E-state index in [4.69, 9.17) is 5.11 Å². The second kappa shape index (κ2) is 5.70. The SMILES string of the molecule is CCC(O)(O)c1ccccc1.CO. The minimum absolute atomic E-state index is 0.303. The van der Waals surface area contributed by atoms with Gasteiger partial charge in [0.15, 0.2) is 5.79 Å². The molecular formula is C10H16O3. The van der Waals surface area contributed by atoms with Crippen molar-refractivity contribution in [3.8, 4) is 0 Å². The number of aliphatic hydroxyl groups excluding tert-OH is 1. The Labute approximate surface area is 78.3 Å². The van der Waals surface area contributed by atoms with Gasteiger partial charge in [-0.05, 0) is 0 Å². The van der Waals surface area contributed by atoms with Crippen molar-refractivity contribution in [1.29, 1.82) is 0 Å². The molecule has 1 aromatic rings. The van der Waals surface area contributed by atoms with Gasteiger partial charge in [0, 0.05) is 19.1 Å². The van der Waals surface area contributed by atoms with Crippen molar-refractivity contribution in [3.63, 3.8) is 0 Å². The maximum atomic E-state index is 9.35. The van der Waals surface area contributed by atoms with Gasteiger partial charge in [-0.1, -0.05) is 37.3 Å². The smallest absolute Gasteiger partial charge is 0.189 e. The van der Waals surface area contributed by atoms with Crippen molar-refractivity contribution in [2.45, 2.75) is 19.1 Å². The summed E-state index contributed by atoms with van der Waals surface area (Å²) in [6, 6.07) is 8.81. The molecule has 0 radical (unpaired) electrons. The molecule has 0 aliphatic carbocycles. The molecule has 3 N–H and O–H groups in total. The van der Waals surface area contributed by atoms with Crippen LogP contribution in [0.1, 0.15) is 18.9 Å². The van der Waals surface area contributed by atoms with E-state index < -0.39 is 5.79 Å². The second-order valence-electron chi connectivity index (χ2n) is 2.54. The Kier molecular flexibility index (Phi) is 5.30. The van der Waals surface area contributed by atoms with Crippen molar-refractivity contribution < 1.29 is 15.3 Å². The van der Waals surface area contributed by atoms with Gasteiger partial charge in [0.05, 0.1) is 0 Å². The van der Waals surface area contributed by atoms with Crippen LogP contribution in [0.25, 0.3) is 0 Å². The number of aliphatic hydroxyl groups is 3. The van der Waals surface area contributed by atoms with Crippen LogP contribution in [0.4, 0.5) is 0 Å². The third kappa shape index (κ3) is 3.55. The average Bonchev–Trinajstić information content (AvgIpc) is 2.22. The molecule has 0 aromatic heterocycles. The normalized spacial score (nSPS) is 10.2. The molecule has 0 atom stereocenters. The Morgan fingerprint density at radius 2 is 1.54 bits per heavy atom. The zero-order valence-electron chi connectivity index (χ0n) is 7.94. The molecule has 0 amide bonds. The lowest BCUT2D eigenvalue weighted by molar-refractivity contribution is -0.171. The van der Waals surface area contributed by atoms with E-state index in [1.54, 1.807) is 31.2 Å². The molecule has 0 bridgehead atoms. The number of hydrogen-bond donors (Lipinski definition) is 3. The van der Waals surface area contributed by atoms with Gasteiger partial charge >= 0.3 is 0 Å². The summed E-state index contributed by atoms with van der Waals surface area (Å²) in [6.45, 7) is 1.73. The highest BCUT2D eigenvalue weighted by molar-refractivity contribution is 5.19. The third-order valence-corrected chi connectivity index (χ3v) is 1.73. The molecule has 0 unspecified atom stereocenters. The first-order chi connectivity index (χ1) is 6.17. The molecule has 0 fully saturated rings. The highest BCUT2D eigenvalue weighted by atomic mass is 16.5. The fourth-order valence-electron chi connectivity index (χ4n) is 0.909. The van der Waals surface area contributed by atoms with Gasteiger partial charge in [-0.2, -0.15) is 0 Å². The maximum Gasteiger partial charge on any atom is 0.189 e. The van der Waals surface area contributed by atoms with Gasteiger partial charge in [-0.15, -0.1) is 0 Å². The van der Waals surface area contributed by atoms with Gasteiger partial charge < -0.3 is 15.3 Å². The standard InChI is InChI=1S/C9H12O2.CH4O/c1-2-9(10,11)8-6-4-3-5-7-8;1-2/h3-7,10-11H,2H2,1H3;2H,1H3. The molecule has 13 heavy (non-hydrogen) atoms. The predicted octanol–water partition coefficient (Wildman–Crippen LogP) is 0.842. The van der Waals surface area contributed by atoms with E-state index in [1.165, 1.54) is 0 Å². The summed E-state index contributed by atoms with van der Waals surface area (Å²) in [5.41, 5.74) is 0.544. The second-order valence-corrected chi connectivity index (χ2v) is 2.54. The lowest BCUT2D eigenvalue weighted by Crippen LogP contribution is -2.23. The first-order valence-electron chi connectivity index (χ1n) is 4.12. The first kappa shape index (κ1) is 12.1. The van der Waals surface area contributed by atoms with Crippen molar-refractivity contribution in [1.82, 2.24) is 0 Å². The van der Waals surface area contributed by atoms with Crippen molar-refractivity contribution >= 4 is 0 Å². The highest BCUT2D eigenvalue weighted by Gasteiger charge is 2.21. The molecule has 0 saturated carbocycles. The number of hydrogen-bond acceptors (Lipinski definition) is 3. The lowest BCUT2D eigenvalue weighted by Gasteiger charge is -2.19. The molecule has 0 heterocycles. The summed E-state index contributed by atoms with van der Waals surface area (Å²) in [4.78, 5) is 0. The van der Waals surface area contributed by atoms with Crippen LogP contribution in [-0.2, 0) is 5.79 Å². The Balaban J connectivity index is 0.000000671. The van der Waals surface area contributed by atoms with Crippen LogP contribution >= 0.6 is 0 Å². The van der Waals surface area contributed by atoms with E-state index in [0.717, 1.165) is 7.11 Å². The van der Waals surface area contributed by atoms with Crippen LogP contribution in [0.2, 0.25) is 0 Å². The van der Waals surface area contributed by atoms with E-state index in [-0.39, 0.29) is 0 Å². The van der Waals surface area contributed by atoms with Crippen molar-refractivity contribution in [2.24, 2.45) is 0 Å². The van der Waals surface area contributed by atoms with E-state index in [2.05, 4.69) is 0 Å². The van der Waals surface area contributed by atoms with Crippen LogP contribution in [-0.4, -0.2) is 22.4 Å². The minimum atomic E-state index is -1.67. The molecule has 3 heteroatoms. The highest BCUT2D eigenvalue weighted by Crippen LogP contribution is 2.20. The molecule has 1 rings (SSSR count). The van der Waals surface area contributed by atoms with Crippen LogP contribution in [0, 0.1) is 0 Å². The first-order valence-corrected chi connectivity index (χ1v) is 4.12. The maximum absolute atomic E-state index is 9.35. The van der Waals surface area contributed by atoms with Crippen LogP contribution in [0.15, 0.2) is 30.3 Å². The fourth-order valence-corrected chi connectivity index (χ4v) is 0.909. The molecule has 1 aromatic carbocycles. The predicted molar refractivity (Wildman–Crippen MR) is 51.0 cm³/mol. The topological polar surface area (TPSA) is 60.7 Å². The van der Waals surface area contributed by atoms with Crippen LogP contribution in [0.5, 0.6) is 0 Å². The molecule has 0 aliphatic heterocycles. The van der Waals surface area contributed by atoms with Crippen LogP contribution in [0.3, 0.4) is 0 Å². The lowest BCUT2D eigenvalue weighted by atomic mass is 10.0. The summed E-state index contributed by atoms with van der Waals surface area (Å²) in [7, 11) is 1.00. The molecule has 0 aliphatic rings. The summed E-state index contributed by atoms with van der Waals surface area (Å²) in [5, 5.41) is 25.7. The Bertz CT molecular complexity index is 219. The number of benzene rings is 1. The van der Waals surface area contributed by atoms with E-state index >= 15 is 0 Å². The Hall–Kier alpha value is -0.900. The zero-order chi connectivity index (χ0) is 10.3. The zero-order valence-corrected chi connectivity index (χ0v) is 7.94. The van der Waals surface area contributed by atoms with Gasteiger partial charge in [0.25, 0.3) is 0 Å². The van der Waals surface area contributed by atoms with Crippen LogP contribution < -0.4 is 0 Å². The largest absolute Gasteiger partial charge is 0.400 e. The van der Waals surface area contributed by atoms with E-state index in [1.807, 2.05) is 6.07 Å². The third-order valence-electron chi connectivity index (χ3n) is 1.73. The van der Waals surface area contributed by atoms with E-state index in [0.29, 0.717) is 12.0 Å². The number of rotatable bonds is 2. The molecule has 0 spiro atoms. The van der Waals surface area contributed by atoms with Gasteiger partial charge in [-0.3, -0.25) is 0 Å². The van der Waals surface area contributed by atoms with Crippen molar-refractivity contribution in [3.05, 3.63) is 35.9 Å². The molecule has 0 saturated heterocycles. The van der Waals surface area contributed by atoms with E-state index in [9.17, 15) is 10.2 Å². The average molecular weight is 184 g/mol. The fraction of sp³-hybridized carbons (Fsp3) is 0.400. The molecule has 74 valence electrons. The quantitative estimate of drug-likeness (QED) is 0.597. The molecule has 3 nitrogen and oxygen atoms in total. The Morgan fingerprint density at radius 3 is 1.92 bits per heavy atom. The van der Waals surface area contributed by atoms with Crippen molar-refractivity contribution in [2.75, 3.05) is 7.11 Å². The van der Waals surface area contributed by atoms with Gasteiger partial charge in [-0.25, -0.2) is 0 Å². The summed E-state index contributed by atoms with van der Waals surface area (Å²) < 4.78 is 0. The Morgan fingerprint density at radius 1 is 1.08 bits per heavy atom. The van der Waals surface area contributed by atoms with Gasteiger partial charge in [0.2, 0.25) is 0 Å². The minimum Gasteiger partial charge on any atom is -0.400 e. The summed E-state index contributed by atoms with van der Waals surface area (Å²) in [6.07, 6.45) is 0.303. The monoisotopic (exact) mass is 184 g/mol. The molecular weight excluding hydrogens is 168 g/mol. The van der Waals surface area contributed by atoms with Gasteiger partial charge in [0.1, 0.15) is 0 Å². The summed E-state index contributed by atoms with van der Waals surface area (Å²) in [5.74, 6) is -1.67.